The van der Waals surface area contributed by atoms with Crippen molar-refractivity contribution in [2.45, 2.75) is 19.5 Å². The maximum Gasteiger partial charge on any atom is 0.128 e. The third-order valence-electron chi connectivity index (χ3n) is 2.98. The molecule has 2 aromatic rings. The average Bonchev–Trinajstić information content (AvgIpc) is 2.40. The van der Waals surface area contributed by atoms with Gasteiger partial charge in [-0.15, -0.1) is 0 Å². The molecule has 19 heavy (non-hydrogen) atoms. The van der Waals surface area contributed by atoms with Gasteiger partial charge in [0.05, 0.1) is 0 Å². The van der Waals surface area contributed by atoms with Crippen molar-refractivity contribution >= 4 is 15.9 Å². The Bertz CT molecular complexity index is 572. The molecule has 100 valence electrons. The molecule has 2 rings (SSSR count). The second-order valence-electron chi connectivity index (χ2n) is 4.36. The van der Waals surface area contributed by atoms with E-state index in [0.717, 1.165) is 4.47 Å². The van der Waals surface area contributed by atoms with Gasteiger partial charge >= 0.3 is 0 Å². The van der Waals surface area contributed by atoms with Crippen molar-refractivity contribution in [2.75, 3.05) is 0 Å². The average molecular weight is 326 g/mol. The quantitative estimate of drug-likeness (QED) is 0.867. The van der Waals surface area contributed by atoms with Gasteiger partial charge in [-0.05, 0) is 31.2 Å². The fourth-order valence-electron chi connectivity index (χ4n) is 1.86. The number of rotatable bonds is 4. The number of halogens is 3. The van der Waals surface area contributed by atoms with Gasteiger partial charge in [-0.3, -0.25) is 0 Å². The molecule has 0 aliphatic rings. The molecule has 0 heterocycles. The van der Waals surface area contributed by atoms with Crippen LogP contribution in [0.25, 0.3) is 0 Å². The summed E-state index contributed by atoms with van der Waals surface area (Å²) in [6, 6.07) is 11.2. The Hall–Kier alpha value is -1.26. The summed E-state index contributed by atoms with van der Waals surface area (Å²) in [6.45, 7) is 2.21. The van der Waals surface area contributed by atoms with E-state index in [1.54, 1.807) is 30.3 Å². The Morgan fingerprint density at radius 3 is 2.58 bits per heavy atom. The molecule has 1 nitrogen and oxygen atoms in total. The lowest BCUT2D eigenvalue weighted by Gasteiger charge is -2.15. The van der Waals surface area contributed by atoms with Crippen molar-refractivity contribution in [1.29, 1.82) is 0 Å². The highest BCUT2D eigenvalue weighted by atomic mass is 79.9. The molecule has 2 aromatic carbocycles. The minimum absolute atomic E-state index is 0.197. The smallest absolute Gasteiger partial charge is 0.128 e. The number of hydrogen-bond acceptors (Lipinski definition) is 1. The van der Waals surface area contributed by atoms with Crippen LogP contribution >= 0.6 is 15.9 Å². The van der Waals surface area contributed by atoms with Crippen molar-refractivity contribution < 1.29 is 8.78 Å². The summed E-state index contributed by atoms with van der Waals surface area (Å²) >= 11 is 3.32. The Morgan fingerprint density at radius 2 is 1.84 bits per heavy atom. The molecule has 0 amide bonds. The maximum atomic E-state index is 13.7. The lowest BCUT2D eigenvalue weighted by Crippen LogP contribution is -2.19. The molecule has 0 saturated carbocycles. The van der Waals surface area contributed by atoms with Crippen LogP contribution in [-0.2, 0) is 6.54 Å². The normalized spacial score (nSPS) is 12.4. The van der Waals surface area contributed by atoms with Gasteiger partial charge in [0.15, 0.2) is 0 Å². The van der Waals surface area contributed by atoms with Gasteiger partial charge in [-0.25, -0.2) is 8.78 Å². The molecular weight excluding hydrogens is 312 g/mol. The van der Waals surface area contributed by atoms with Gasteiger partial charge in [-0.2, -0.15) is 0 Å². The molecule has 1 atom stereocenters. The van der Waals surface area contributed by atoms with E-state index in [0.29, 0.717) is 17.7 Å². The predicted octanol–water partition coefficient (Wildman–Crippen LogP) is 4.58. The van der Waals surface area contributed by atoms with E-state index in [2.05, 4.69) is 21.2 Å². The Kier molecular flexibility index (Phi) is 4.66. The van der Waals surface area contributed by atoms with Gasteiger partial charge in [0, 0.05) is 28.2 Å². The molecule has 1 N–H and O–H groups in total. The van der Waals surface area contributed by atoms with Crippen LogP contribution < -0.4 is 5.32 Å². The summed E-state index contributed by atoms with van der Waals surface area (Å²) in [5.74, 6) is -0.520. The lowest BCUT2D eigenvalue weighted by molar-refractivity contribution is 0.515. The highest BCUT2D eigenvalue weighted by molar-refractivity contribution is 9.10. The van der Waals surface area contributed by atoms with E-state index in [4.69, 9.17) is 0 Å². The van der Waals surface area contributed by atoms with Crippen molar-refractivity contribution in [2.24, 2.45) is 0 Å². The van der Waals surface area contributed by atoms with Crippen molar-refractivity contribution in [3.8, 4) is 0 Å². The first-order chi connectivity index (χ1) is 9.08. The molecule has 0 spiro atoms. The summed E-state index contributed by atoms with van der Waals surface area (Å²) in [5, 5.41) is 3.12. The maximum absolute atomic E-state index is 13.7. The van der Waals surface area contributed by atoms with Gasteiger partial charge in [0.25, 0.3) is 0 Å². The molecule has 1 unspecified atom stereocenters. The zero-order chi connectivity index (χ0) is 13.8. The van der Waals surface area contributed by atoms with Crippen molar-refractivity contribution in [3.05, 3.63) is 69.7 Å². The molecule has 0 aromatic heterocycles. The van der Waals surface area contributed by atoms with Crippen LogP contribution in [0, 0.1) is 11.6 Å². The standard InChI is InChI=1S/C15H14BrF2N/c1-10(13-8-12(16)6-7-15(13)18)19-9-11-4-2-3-5-14(11)17/h2-8,10,19H,9H2,1H3. The molecule has 4 heteroatoms. The summed E-state index contributed by atoms with van der Waals surface area (Å²) < 4.78 is 28.0. The highest BCUT2D eigenvalue weighted by Crippen LogP contribution is 2.22. The Morgan fingerprint density at radius 1 is 1.11 bits per heavy atom. The van der Waals surface area contributed by atoms with E-state index < -0.39 is 0 Å². The monoisotopic (exact) mass is 325 g/mol. The predicted molar refractivity (Wildman–Crippen MR) is 75.8 cm³/mol. The fourth-order valence-corrected chi connectivity index (χ4v) is 2.24. The number of hydrogen-bond donors (Lipinski definition) is 1. The molecule has 0 radical (unpaired) electrons. The SMILES string of the molecule is CC(NCc1ccccc1F)c1cc(Br)ccc1F. The minimum atomic E-state index is -0.267. The van der Waals surface area contributed by atoms with Crippen LogP contribution in [0.15, 0.2) is 46.9 Å². The zero-order valence-corrected chi connectivity index (χ0v) is 12.0. The molecular formula is C15H14BrF2N. The largest absolute Gasteiger partial charge is 0.306 e. The van der Waals surface area contributed by atoms with Crippen LogP contribution in [0.2, 0.25) is 0 Å². The summed E-state index contributed by atoms with van der Waals surface area (Å²) in [4.78, 5) is 0. The Balaban J connectivity index is 2.07. The van der Waals surface area contributed by atoms with Crippen molar-refractivity contribution in [1.82, 2.24) is 5.32 Å². The van der Waals surface area contributed by atoms with Crippen LogP contribution in [0.3, 0.4) is 0 Å². The van der Waals surface area contributed by atoms with Gasteiger partial charge in [-0.1, -0.05) is 34.1 Å². The summed E-state index contributed by atoms with van der Waals surface area (Å²) in [6.07, 6.45) is 0. The van der Waals surface area contributed by atoms with Crippen LogP contribution in [-0.4, -0.2) is 0 Å². The highest BCUT2D eigenvalue weighted by Gasteiger charge is 2.11. The topological polar surface area (TPSA) is 12.0 Å². The first kappa shape index (κ1) is 14.2. The minimum Gasteiger partial charge on any atom is -0.306 e. The van der Waals surface area contributed by atoms with E-state index >= 15 is 0 Å². The van der Waals surface area contributed by atoms with Crippen LogP contribution in [0.4, 0.5) is 8.78 Å². The molecule has 0 saturated heterocycles. The van der Waals surface area contributed by atoms with Crippen LogP contribution in [0.1, 0.15) is 24.1 Å². The molecule has 0 aliphatic heterocycles. The fraction of sp³-hybridized carbons (Fsp3) is 0.200. The first-order valence-corrected chi connectivity index (χ1v) is 6.79. The number of benzene rings is 2. The first-order valence-electron chi connectivity index (χ1n) is 5.99. The van der Waals surface area contributed by atoms with Gasteiger partial charge in [0.1, 0.15) is 11.6 Å². The van der Waals surface area contributed by atoms with E-state index in [-0.39, 0.29) is 17.7 Å². The zero-order valence-electron chi connectivity index (χ0n) is 10.5. The van der Waals surface area contributed by atoms with Crippen LogP contribution in [0.5, 0.6) is 0 Å². The van der Waals surface area contributed by atoms with E-state index in [1.807, 2.05) is 6.92 Å². The van der Waals surface area contributed by atoms with Gasteiger partial charge < -0.3 is 5.32 Å². The van der Waals surface area contributed by atoms with E-state index in [9.17, 15) is 8.78 Å². The second-order valence-corrected chi connectivity index (χ2v) is 5.28. The van der Waals surface area contributed by atoms with Gasteiger partial charge in [0.2, 0.25) is 0 Å². The second kappa shape index (κ2) is 6.26. The third-order valence-corrected chi connectivity index (χ3v) is 3.47. The molecule has 0 fully saturated rings. The molecule has 0 aliphatic carbocycles. The third kappa shape index (κ3) is 3.61. The summed E-state index contributed by atoms with van der Waals surface area (Å²) in [5.41, 5.74) is 1.13. The lowest BCUT2D eigenvalue weighted by atomic mass is 10.1. The summed E-state index contributed by atoms with van der Waals surface area (Å²) in [7, 11) is 0. The van der Waals surface area contributed by atoms with E-state index in [1.165, 1.54) is 12.1 Å². The Labute approximate surface area is 119 Å². The van der Waals surface area contributed by atoms with Crippen molar-refractivity contribution in [3.63, 3.8) is 0 Å². The number of nitrogens with one attached hydrogen (secondary N) is 1. The molecule has 0 bridgehead atoms.